The number of amides is 1. The number of hydrogen-bond donors (Lipinski definition) is 2. The second-order valence-corrected chi connectivity index (χ2v) is 5.72. The Labute approximate surface area is 122 Å². The molecule has 0 aliphatic carbocycles. The Balaban J connectivity index is 2.51. The van der Waals surface area contributed by atoms with E-state index in [1.165, 1.54) is 0 Å². The van der Waals surface area contributed by atoms with E-state index in [1.54, 1.807) is 25.3 Å². The summed E-state index contributed by atoms with van der Waals surface area (Å²) in [4.78, 5) is 16.0. The van der Waals surface area contributed by atoms with Crippen LogP contribution in [-0.2, 0) is 4.79 Å². The van der Waals surface area contributed by atoms with Gasteiger partial charge in [-0.3, -0.25) is 4.79 Å². The SMILES string of the molecule is CCCCCCC(C)(O)C(=O)Nc1ccnc(Br)c1. The Morgan fingerprint density at radius 3 is 2.84 bits per heavy atom. The molecule has 2 N–H and O–H groups in total. The number of pyridine rings is 1. The zero-order chi connectivity index (χ0) is 14.3. The van der Waals surface area contributed by atoms with Gasteiger partial charge in [0.05, 0.1) is 0 Å². The van der Waals surface area contributed by atoms with Gasteiger partial charge in [0.1, 0.15) is 10.2 Å². The third-order valence-corrected chi connectivity index (χ3v) is 3.42. The fourth-order valence-corrected chi connectivity index (χ4v) is 2.12. The highest BCUT2D eigenvalue weighted by Gasteiger charge is 2.29. The summed E-state index contributed by atoms with van der Waals surface area (Å²) in [5.74, 6) is -0.373. The molecule has 106 valence electrons. The number of aromatic nitrogens is 1. The van der Waals surface area contributed by atoms with Gasteiger partial charge >= 0.3 is 0 Å². The normalized spacial score (nSPS) is 13.9. The molecule has 1 rings (SSSR count). The summed E-state index contributed by atoms with van der Waals surface area (Å²) in [5.41, 5.74) is -0.704. The summed E-state index contributed by atoms with van der Waals surface area (Å²) < 4.78 is 0.646. The van der Waals surface area contributed by atoms with Crippen LogP contribution in [0.15, 0.2) is 22.9 Å². The molecule has 0 aromatic carbocycles. The van der Waals surface area contributed by atoms with E-state index < -0.39 is 5.60 Å². The van der Waals surface area contributed by atoms with E-state index in [-0.39, 0.29) is 5.91 Å². The second kappa shape index (κ2) is 7.60. The van der Waals surface area contributed by atoms with Crippen molar-refractivity contribution in [2.24, 2.45) is 0 Å². The van der Waals surface area contributed by atoms with Crippen LogP contribution in [0.1, 0.15) is 46.0 Å². The molecule has 1 aromatic heterocycles. The molecule has 1 heterocycles. The molecule has 0 saturated carbocycles. The van der Waals surface area contributed by atoms with Crippen molar-refractivity contribution in [1.82, 2.24) is 4.98 Å². The first-order chi connectivity index (χ1) is 8.95. The van der Waals surface area contributed by atoms with E-state index >= 15 is 0 Å². The molecule has 1 aromatic rings. The summed E-state index contributed by atoms with van der Waals surface area (Å²) in [6.07, 6.45) is 6.24. The minimum absolute atomic E-state index is 0.373. The fraction of sp³-hybridized carbons (Fsp3) is 0.571. The molecule has 0 saturated heterocycles. The summed E-state index contributed by atoms with van der Waals surface area (Å²) in [6.45, 7) is 3.69. The summed E-state index contributed by atoms with van der Waals surface area (Å²) >= 11 is 3.24. The van der Waals surface area contributed by atoms with Gasteiger partial charge in [-0.1, -0.05) is 32.6 Å². The first-order valence-electron chi connectivity index (χ1n) is 6.61. The maximum absolute atomic E-state index is 12.0. The van der Waals surface area contributed by atoms with Crippen LogP contribution in [0.25, 0.3) is 0 Å². The topological polar surface area (TPSA) is 62.2 Å². The lowest BCUT2D eigenvalue weighted by Crippen LogP contribution is -2.39. The van der Waals surface area contributed by atoms with Crippen LogP contribution in [0.2, 0.25) is 0 Å². The highest BCUT2D eigenvalue weighted by Crippen LogP contribution is 2.19. The number of hydrogen-bond acceptors (Lipinski definition) is 3. The highest BCUT2D eigenvalue weighted by molar-refractivity contribution is 9.10. The van der Waals surface area contributed by atoms with Crippen molar-refractivity contribution in [2.45, 2.75) is 51.6 Å². The van der Waals surface area contributed by atoms with Crippen LogP contribution in [0.5, 0.6) is 0 Å². The Morgan fingerprint density at radius 1 is 1.47 bits per heavy atom. The number of aliphatic hydroxyl groups is 1. The number of anilines is 1. The third-order valence-electron chi connectivity index (χ3n) is 2.99. The Kier molecular flexibility index (Phi) is 6.45. The summed E-state index contributed by atoms with van der Waals surface area (Å²) in [6, 6.07) is 3.39. The largest absolute Gasteiger partial charge is 0.380 e. The molecular formula is C14H21BrN2O2. The number of nitrogens with zero attached hydrogens (tertiary/aromatic N) is 1. The molecule has 1 amide bonds. The molecule has 5 heteroatoms. The average Bonchev–Trinajstić information content (AvgIpc) is 2.34. The molecule has 0 bridgehead atoms. The lowest BCUT2D eigenvalue weighted by Gasteiger charge is -2.22. The van der Waals surface area contributed by atoms with Crippen molar-refractivity contribution in [2.75, 3.05) is 5.32 Å². The molecule has 1 unspecified atom stereocenters. The number of nitrogens with one attached hydrogen (secondary N) is 1. The second-order valence-electron chi connectivity index (χ2n) is 4.91. The minimum Gasteiger partial charge on any atom is -0.380 e. The Morgan fingerprint density at radius 2 is 2.21 bits per heavy atom. The van der Waals surface area contributed by atoms with Crippen LogP contribution in [-0.4, -0.2) is 21.6 Å². The van der Waals surface area contributed by atoms with Gasteiger partial charge in [0, 0.05) is 11.9 Å². The zero-order valence-electron chi connectivity index (χ0n) is 11.4. The van der Waals surface area contributed by atoms with Gasteiger partial charge < -0.3 is 10.4 Å². The Hall–Kier alpha value is -0.940. The lowest BCUT2D eigenvalue weighted by atomic mass is 9.97. The number of carbonyl (C=O) groups excluding carboxylic acids is 1. The fourth-order valence-electron chi connectivity index (χ4n) is 1.76. The Bertz CT molecular complexity index is 422. The van der Waals surface area contributed by atoms with Crippen molar-refractivity contribution in [1.29, 1.82) is 0 Å². The molecule has 0 fully saturated rings. The molecule has 0 spiro atoms. The van der Waals surface area contributed by atoms with E-state index in [2.05, 4.69) is 33.2 Å². The van der Waals surface area contributed by atoms with E-state index in [9.17, 15) is 9.90 Å². The van der Waals surface area contributed by atoms with E-state index in [1.807, 2.05) is 0 Å². The van der Waals surface area contributed by atoms with Crippen LogP contribution < -0.4 is 5.32 Å². The average molecular weight is 329 g/mol. The van der Waals surface area contributed by atoms with Crippen molar-refractivity contribution in [3.8, 4) is 0 Å². The predicted octanol–water partition coefficient (Wildman–Crippen LogP) is 3.50. The van der Waals surface area contributed by atoms with Gasteiger partial charge in [-0.05, 0) is 41.4 Å². The molecule has 19 heavy (non-hydrogen) atoms. The molecule has 0 aliphatic heterocycles. The van der Waals surface area contributed by atoms with Crippen molar-refractivity contribution >= 4 is 27.5 Å². The zero-order valence-corrected chi connectivity index (χ0v) is 13.0. The maximum atomic E-state index is 12.0. The number of unbranched alkanes of at least 4 members (excludes halogenated alkanes) is 3. The first-order valence-corrected chi connectivity index (χ1v) is 7.40. The molecule has 4 nitrogen and oxygen atoms in total. The maximum Gasteiger partial charge on any atom is 0.256 e. The molecule has 1 atom stereocenters. The molecular weight excluding hydrogens is 308 g/mol. The van der Waals surface area contributed by atoms with Gasteiger partial charge in [0.2, 0.25) is 0 Å². The minimum atomic E-state index is -1.33. The van der Waals surface area contributed by atoms with Crippen molar-refractivity contribution < 1.29 is 9.90 Å². The predicted molar refractivity (Wildman–Crippen MR) is 79.9 cm³/mol. The standard InChI is InChI=1S/C14H21BrN2O2/c1-3-4-5-6-8-14(2,19)13(18)17-11-7-9-16-12(15)10-11/h7,9-10,19H,3-6,8H2,1-2H3,(H,16,17,18). The van der Waals surface area contributed by atoms with Crippen molar-refractivity contribution in [3.05, 3.63) is 22.9 Å². The lowest BCUT2D eigenvalue weighted by molar-refractivity contribution is -0.133. The third kappa shape index (κ3) is 5.70. The summed E-state index contributed by atoms with van der Waals surface area (Å²) in [7, 11) is 0. The van der Waals surface area contributed by atoms with E-state index in [0.717, 1.165) is 25.7 Å². The van der Waals surface area contributed by atoms with Gasteiger partial charge in [-0.25, -0.2) is 4.98 Å². The van der Waals surface area contributed by atoms with E-state index in [4.69, 9.17) is 0 Å². The number of rotatable bonds is 7. The van der Waals surface area contributed by atoms with Gasteiger partial charge in [0.25, 0.3) is 5.91 Å². The van der Waals surface area contributed by atoms with Gasteiger partial charge in [-0.15, -0.1) is 0 Å². The van der Waals surface area contributed by atoms with Crippen molar-refractivity contribution in [3.63, 3.8) is 0 Å². The highest BCUT2D eigenvalue weighted by atomic mass is 79.9. The quantitative estimate of drug-likeness (QED) is 0.594. The first kappa shape index (κ1) is 16.1. The van der Waals surface area contributed by atoms with Crippen LogP contribution in [0.3, 0.4) is 0 Å². The number of carbonyl (C=O) groups is 1. The molecule has 0 radical (unpaired) electrons. The monoisotopic (exact) mass is 328 g/mol. The van der Waals surface area contributed by atoms with Crippen LogP contribution >= 0.6 is 15.9 Å². The van der Waals surface area contributed by atoms with Gasteiger partial charge in [0.15, 0.2) is 0 Å². The molecule has 0 aliphatic rings. The van der Waals surface area contributed by atoms with Crippen LogP contribution in [0.4, 0.5) is 5.69 Å². The van der Waals surface area contributed by atoms with E-state index in [0.29, 0.717) is 16.7 Å². The van der Waals surface area contributed by atoms with Crippen LogP contribution in [0, 0.1) is 0 Å². The smallest absolute Gasteiger partial charge is 0.256 e. The number of halogens is 1. The summed E-state index contributed by atoms with van der Waals surface area (Å²) in [5, 5.41) is 12.9. The van der Waals surface area contributed by atoms with Gasteiger partial charge in [-0.2, -0.15) is 0 Å².